The number of carbonyl (C=O) groups is 1. The SMILES string of the molecule is O=C(N1CC(F)(F)C1)C1(c2ccc3[nH]c(C(NS(=O)(=O)c4cnc(Cl)s4)C4CCC(F)(F)CC4)nc3c2F)CCOCC1. The van der Waals surface area contributed by atoms with Crippen molar-refractivity contribution in [2.45, 2.75) is 66.0 Å². The highest BCUT2D eigenvalue weighted by molar-refractivity contribution is 7.91. The van der Waals surface area contributed by atoms with Gasteiger partial charge in [-0.1, -0.05) is 29.0 Å². The van der Waals surface area contributed by atoms with E-state index in [1.807, 2.05) is 0 Å². The van der Waals surface area contributed by atoms with Crippen molar-refractivity contribution < 1.29 is 39.9 Å². The van der Waals surface area contributed by atoms with Crippen LogP contribution in [0.15, 0.2) is 22.5 Å². The minimum atomic E-state index is -4.22. The number of fused-ring (bicyclic) bond motifs is 1. The van der Waals surface area contributed by atoms with Crippen LogP contribution in [0.3, 0.4) is 0 Å². The van der Waals surface area contributed by atoms with Gasteiger partial charge in [0.05, 0.1) is 36.3 Å². The van der Waals surface area contributed by atoms with Gasteiger partial charge in [-0.15, -0.1) is 0 Å². The van der Waals surface area contributed by atoms with Crippen molar-refractivity contribution in [1.82, 2.24) is 24.6 Å². The number of rotatable bonds is 7. The van der Waals surface area contributed by atoms with E-state index < -0.39 is 76.9 Å². The number of likely N-dealkylation sites (tertiary alicyclic amines) is 1. The van der Waals surface area contributed by atoms with Crippen molar-refractivity contribution in [2.75, 3.05) is 26.3 Å². The number of sulfonamides is 1. The Morgan fingerprint density at radius 1 is 1.12 bits per heavy atom. The smallest absolute Gasteiger partial charge is 0.282 e. The van der Waals surface area contributed by atoms with E-state index in [1.165, 1.54) is 12.1 Å². The van der Waals surface area contributed by atoms with Crippen molar-refractivity contribution in [3.05, 3.63) is 40.0 Å². The number of benzene rings is 1. The number of H-pyrrole nitrogens is 1. The van der Waals surface area contributed by atoms with E-state index in [2.05, 4.69) is 19.7 Å². The fourth-order valence-corrected chi connectivity index (χ4v) is 8.79. The van der Waals surface area contributed by atoms with Crippen LogP contribution in [0.1, 0.15) is 56.0 Å². The zero-order chi connectivity index (χ0) is 30.8. The lowest BCUT2D eigenvalue weighted by atomic mass is 9.72. The second kappa shape index (κ2) is 10.9. The summed E-state index contributed by atoms with van der Waals surface area (Å²) in [5.41, 5.74) is -1.47. The van der Waals surface area contributed by atoms with Crippen LogP contribution in [-0.4, -0.2) is 72.3 Å². The summed E-state index contributed by atoms with van der Waals surface area (Å²) >= 11 is 6.54. The standard InChI is InChI=1S/C26H27ClF5N5O4S2/c27-23-33-11-17(42-23)43(39,40)36-19(14-3-5-25(29,30)6-4-14)21-34-16-2-1-15(18(28)20(16)35-21)24(7-9-41-10-8-24)22(38)37-12-26(31,32)13-37/h1-2,11,14,19,36H,3-10,12-13H2,(H,34,35). The van der Waals surface area contributed by atoms with Gasteiger partial charge in [0.15, 0.2) is 14.5 Å². The molecule has 0 spiro atoms. The number of hydrogen-bond donors (Lipinski definition) is 2. The van der Waals surface area contributed by atoms with Gasteiger partial charge in [0.1, 0.15) is 11.3 Å². The van der Waals surface area contributed by atoms with Crippen LogP contribution in [0.2, 0.25) is 4.47 Å². The summed E-state index contributed by atoms with van der Waals surface area (Å²) in [6.07, 6.45) is 0.267. The number of aromatic nitrogens is 3. The summed E-state index contributed by atoms with van der Waals surface area (Å²) < 4.78 is 106. The number of imidazole rings is 1. The van der Waals surface area contributed by atoms with Crippen molar-refractivity contribution in [3.8, 4) is 0 Å². The molecule has 9 nitrogen and oxygen atoms in total. The number of amides is 1. The average molecular weight is 668 g/mol. The molecule has 1 unspecified atom stereocenters. The van der Waals surface area contributed by atoms with Gasteiger partial charge in [-0.05, 0) is 37.7 Å². The Labute approximate surface area is 252 Å². The molecule has 2 N–H and O–H groups in total. The van der Waals surface area contributed by atoms with Crippen LogP contribution in [0.25, 0.3) is 11.0 Å². The predicted octanol–water partition coefficient (Wildman–Crippen LogP) is 5.18. The van der Waals surface area contributed by atoms with Gasteiger partial charge in [0.25, 0.3) is 15.9 Å². The van der Waals surface area contributed by atoms with Crippen LogP contribution in [0, 0.1) is 11.7 Å². The van der Waals surface area contributed by atoms with Gasteiger partial charge < -0.3 is 14.6 Å². The third-order valence-corrected chi connectivity index (χ3v) is 11.6. The first kappa shape index (κ1) is 30.6. The van der Waals surface area contributed by atoms with Crippen LogP contribution in [-0.2, 0) is 25.0 Å². The van der Waals surface area contributed by atoms with Crippen LogP contribution in [0.5, 0.6) is 0 Å². The van der Waals surface area contributed by atoms with Crippen molar-refractivity contribution in [1.29, 1.82) is 0 Å². The Morgan fingerprint density at radius 2 is 1.79 bits per heavy atom. The molecule has 0 radical (unpaired) electrons. The lowest BCUT2D eigenvalue weighted by Crippen LogP contribution is -2.63. The third-order valence-electron chi connectivity index (χ3n) is 8.55. The molecular formula is C26H27ClF5N5O4S2. The summed E-state index contributed by atoms with van der Waals surface area (Å²) in [4.78, 5) is 25.6. The van der Waals surface area contributed by atoms with E-state index in [4.69, 9.17) is 16.3 Å². The minimum absolute atomic E-state index is 0.00823. The first-order chi connectivity index (χ1) is 20.2. The summed E-state index contributed by atoms with van der Waals surface area (Å²) in [5.74, 6) is -7.95. The Balaban J connectivity index is 1.38. The molecule has 0 bridgehead atoms. The molecule has 17 heteroatoms. The van der Waals surface area contributed by atoms with E-state index in [1.54, 1.807) is 0 Å². The summed E-state index contributed by atoms with van der Waals surface area (Å²) in [5, 5.41) is 0. The van der Waals surface area contributed by atoms with Crippen molar-refractivity contribution in [3.63, 3.8) is 0 Å². The minimum Gasteiger partial charge on any atom is -0.381 e. The molecule has 1 atom stereocenters. The quantitative estimate of drug-likeness (QED) is 0.336. The maximum Gasteiger partial charge on any atom is 0.282 e. The lowest BCUT2D eigenvalue weighted by molar-refractivity contribution is -0.174. The molecule has 1 saturated carbocycles. The summed E-state index contributed by atoms with van der Waals surface area (Å²) in [6.45, 7) is -1.26. The highest BCUT2D eigenvalue weighted by atomic mass is 35.5. The lowest BCUT2D eigenvalue weighted by Gasteiger charge is -2.46. The number of nitrogens with one attached hydrogen (secondary N) is 2. The molecule has 2 aliphatic heterocycles. The number of thiazole rings is 1. The first-order valence-electron chi connectivity index (χ1n) is 13.6. The van der Waals surface area contributed by atoms with E-state index in [0.29, 0.717) is 11.3 Å². The molecule has 2 aromatic heterocycles. The number of halogens is 6. The zero-order valence-electron chi connectivity index (χ0n) is 22.5. The molecule has 2 saturated heterocycles. The molecule has 43 heavy (non-hydrogen) atoms. The van der Waals surface area contributed by atoms with E-state index in [-0.39, 0.29) is 70.0 Å². The largest absolute Gasteiger partial charge is 0.381 e. The number of nitrogens with zero attached hydrogens (tertiary/aromatic N) is 3. The second-order valence-electron chi connectivity index (χ2n) is 11.4. The van der Waals surface area contributed by atoms with Crippen molar-refractivity contribution >= 4 is 49.9 Å². The number of carbonyl (C=O) groups excluding carboxylic acids is 1. The zero-order valence-corrected chi connectivity index (χ0v) is 24.9. The van der Waals surface area contributed by atoms with Gasteiger partial charge in [-0.3, -0.25) is 4.79 Å². The molecule has 3 aromatic rings. The highest BCUT2D eigenvalue weighted by Gasteiger charge is 2.54. The maximum atomic E-state index is 16.3. The Morgan fingerprint density at radius 3 is 2.40 bits per heavy atom. The van der Waals surface area contributed by atoms with Gasteiger partial charge in [0, 0.05) is 31.6 Å². The molecule has 4 heterocycles. The van der Waals surface area contributed by atoms with E-state index in [0.717, 1.165) is 11.1 Å². The Bertz CT molecular complexity index is 1640. The van der Waals surface area contributed by atoms with Crippen molar-refractivity contribution in [2.24, 2.45) is 5.92 Å². The number of alkyl halides is 4. The van der Waals surface area contributed by atoms with Crippen LogP contribution < -0.4 is 4.72 Å². The molecule has 3 fully saturated rings. The average Bonchev–Trinajstić information content (AvgIpc) is 3.58. The van der Waals surface area contributed by atoms with E-state index >= 15 is 4.39 Å². The molecule has 1 amide bonds. The molecule has 234 valence electrons. The number of ether oxygens (including phenoxy) is 1. The first-order valence-corrected chi connectivity index (χ1v) is 16.3. The summed E-state index contributed by atoms with van der Waals surface area (Å²) in [6, 6.07) is 1.77. The molecule has 1 aliphatic carbocycles. The van der Waals surface area contributed by atoms with Gasteiger partial charge in [0.2, 0.25) is 11.8 Å². The maximum absolute atomic E-state index is 16.3. The fraction of sp³-hybridized carbons (Fsp3) is 0.577. The normalized spacial score (nSPS) is 22.8. The fourth-order valence-electron chi connectivity index (χ4n) is 6.21. The highest BCUT2D eigenvalue weighted by Crippen LogP contribution is 2.44. The number of hydrogen-bond acceptors (Lipinski definition) is 7. The molecule has 3 aliphatic rings. The molecule has 1 aromatic carbocycles. The second-order valence-corrected chi connectivity index (χ2v) is 14.9. The van der Waals surface area contributed by atoms with Crippen LogP contribution in [0.4, 0.5) is 22.0 Å². The predicted molar refractivity (Wildman–Crippen MR) is 146 cm³/mol. The molecular weight excluding hydrogens is 641 g/mol. The van der Waals surface area contributed by atoms with Crippen LogP contribution >= 0.6 is 22.9 Å². The van der Waals surface area contributed by atoms with Gasteiger partial charge >= 0.3 is 0 Å². The number of aromatic amines is 1. The molecule has 6 rings (SSSR count). The third kappa shape index (κ3) is 5.76. The monoisotopic (exact) mass is 667 g/mol. The van der Waals surface area contributed by atoms with Gasteiger partial charge in [-0.25, -0.2) is 40.3 Å². The van der Waals surface area contributed by atoms with E-state index in [9.17, 15) is 30.8 Å². The Hall–Kier alpha value is -2.40. The van der Waals surface area contributed by atoms with Gasteiger partial charge in [-0.2, -0.15) is 4.72 Å². The summed E-state index contributed by atoms with van der Waals surface area (Å²) in [7, 11) is -4.22. The Kier molecular flexibility index (Phi) is 7.76. The topological polar surface area (TPSA) is 117 Å².